The lowest BCUT2D eigenvalue weighted by Gasteiger charge is -2.26. The summed E-state index contributed by atoms with van der Waals surface area (Å²) < 4.78 is 27.7. The minimum Gasteiger partial charge on any atom is -0.387 e. The number of halogens is 1. The molecule has 2 N–H and O–H groups in total. The third-order valence-corrected chi connectivity index (χ3v) is 4.30. The summed E-state index contributed by atoms with van der Waals surface area (Å²) in [6.45, 7) is 1.77. The van der Waals surface area contributed by atoms with Crippen LogP contribution < -0.4 is 4.72 Å². The van der Waals surface area contributed by atoms with E-state index in [1.54, 1.807) is 25.9 Å². The molecule has 0 aliphatic heterocycles. The van der Waals surface area contributed by atoms with Gasteiger partial charge in [-0.1, -0.05) is 11.6 Å². The van der Waals surface area contributed by atoms with Gasteiger partial charge in [-0.15, -0.1) is 0 Å². The average molecular weight is 311 g/mol. The fraction of sp³-hybridized carbons (Fsp3) is 0.700. The van der Waals surface area contributed by atoms with Gasteiger partial charge < -0.3 is 10.0 Å². The quantitative estimate of drug-likeness (QED) is 0.751. The molecule has 0 spiro atoms. The number of hydrogen-bond acceptors (Lipinski definition) is 5. The van der Waals surface area contributed by atoms with E-state index in [0.717, 1.165) is 0 Å². The lowest BCUT2D eigenvalue weighted by Crippen LogP contribution is -2.47. The van der Waals surface area contributed by atoms with Crippen LogP contribution in [-0.4, -0.2) is 61.0 Å². The van der Waals surface area contributed by atoms with Gasteiger partial charge in [0.1, 0.15) is 0 Å². The normalized spacial score (nSPS) is 15.7. The molecule has 0 radical (unpaired) electrons. The van der Waals surface area contributed by atoms with Crippen molar-refractivity contribution >= 4 is 21.6 Å². The van der Waals surface area contributed by atoms with Crippen LogP contribution >= 0.6 is 11.6 Å². The second-order valence-corrected chi connectivity index (χ2v) is 7.07. The smallest absolute Gasteiger partial charge is 0.259 e. The fourth-order valence-electron chi connectivity index (χ4n) is 1.76. The first-order valence-corrected chi connectivity index (χ1v) is 7.45. The molecule has 1 aromatic rings. The Morgan fingerprint density at radius 1 is 1.58 bits per heavy atom. The number of aromatic nitrogens is 2. The van der Waals surface area contributed by atoms with E-state index < -0.39 is 15.6 Å². The van der Waals surface area contributed by atoms with Crippen molar-refractivity contribution in [1.82, 2.24) is 19.4 Å². The van der Waals surface area contributed by atoms with Crippen LogP contribution in [0.1, 0.15) is 6.92 Å². The van der Waals surface area contributed by atoms with E-state index in [0.29, 0.717) is 6.54 Å². The van der Waals surface area contributed by atoms with E-state index in [1.807, 2.05) is 0 Å². The first-order valence-electron chi connectivity index (χ1n) is 5.59. The van der Waals surface area contributed by atoms with Crippen LogP contribution in [0.4, 0.5) is 0 Å². The molecular weight excluding hydrogens is 292 g/mol. The summed E-state index contributed by atoms with van der Waals surface area (Å²) in [4.78, 5) is 1.77. The van der Waals surface area contributed by atoms with Gasteiger partial charge in [0.25, 0.3) is 10.0 Å². The predicted molar refractivity (Wildman–Crippen MR) is 72.6 cm³/mol. The van der Waals surface area contributed by atoms with Gasteiger partial charge in [-0.3, -0.25) is 4.68 Å². The Balaban J connectivity index is 2.83. The van der Waals surface area contributed by atoms with Crippen LogP contribution in [0.2, 0.25) is 5.02 Å². The van der Waals surface area contributed by atoms with E-state index in [4.69, 9.17) is 11.6 Å². The highest BCUT2D eigenvalue weighted by atomic mass is 35.5. The minimum absolute atomic E-state index is 0.0438. The van der Waals surface area contributed by atoms with Crippen LogP contribution in [-0.2, 0) is 17.1 Å². The van der Waals surface area contributed by atoms with Crippen molar-refractivity contribution in [3.05, 3.63) is 11.2 Å². The molecule has 0 aliphatic carbocycles. The molecule has 7 nitrogen and oxygen atoms in total. The molecule has 0 aromatic carbocycles. The highest BCUT2D eigenvalue weighted by Gasteiger charge is 2.28. The van der Waals surface area contributed by atoms with Crippen LogP contribution in [0, 0.1) is 0 Å². The van der Waals surface area contributed by atoms with E-state index in [-0.39, 0.29) is 16.6 Å². The van der Waals surface area contributed by atoms with Gasteiger partial charge in [0, 0.05) is 20.1 Å². The molecule has 1 atom stereocenters. The Hall–Kier alpha value is -0.670. The molecule has 0 fully saturated rings. The van der Waals surface area contributed by atoms with E-state index in [9.17, 15) is 13.5 Å². The van der Waals surface area contributed by atoms with Gasteiger partial charge >= 0.3 is 0 Å². The van der Waals surface area contributed by atoms with Crippen molar-refractivity contribution in [3.8, 4) is 0 Å². The number of rotatable bonds is 6. The van der Waals surface area contributed by atoms with E-state index in [1.165, 1.54) is 17.9 Å². The molecule has 0 saturated heterocycles. The number of likely N-dealkylation sites (N-methyl/N-ethyl adjacent to an activating group) is 1. The maximum atomic E-state index is 12.1. The summed E-state index contributed by atoms with van der Waals surface area (Å²) in [7, 11) is 1.26. The second-order valence-electron chi connectivity index (χ2n) is 4.98. The molecular formula is C10H19ClN4O3S. The molecule has 1 heterocycles. The van der Waals surface area contributed by atoms with Gasteiger partial charge in [0.15, 0.2) is 5.03 Å². The summed E-state index contributed by atoms with van der Waals surface area (Å²) in [5.41, 5.74) is -1.18. The Morgan fingerprint density at radius 2 is 2.16 bits per heavy atom. The van der Waals surface area contributed by atoms with Crippen molar-refractivity contribution in [2.75, 3.05) is 27.2 Å². The third-order valence-electron chi connectivity index (χ3n) is 2.40. The van der Waals surface area contributed by atoms with E-state index >= 15 is 0 Å². The Bertz CT molecular complexity index is 519. The molecule has 0 amide bonds. The Labute approximate surface area is 118 Å². The van der Waals surface area contributed by atoms with Crippen LogP contribution in [0.25, 0.3) is 0 Å². The van der Waals surface area contributed by atoms with Gasteiger partial charge in [-0.25, -0.2) is 13.1 Å². The van der Waals surface area contributed by atoms with Crippen molar-refractivity contribution in [2.24, 2.45) is 7.05 Å². The summed E-state index contributed by atoms with van der Waals surface area (Å²) >= 11 is 5.79. The highest BCUT2D eigenvalue weighted by Crippen LogP contribution is 2.19. The third kappa shape index (κ3) is 4.43. The number of sulfonamides is 1. The number of nitrogens with one attached hydrogen (secondary N) is 1. The fourth-order valence-corrected chi connectivity index (χ4v) is 3.57. The zero-order valence-electron chi connectivity index (χ0n) is 11.4. The summed E-state index contributed by atoms with van der Waals surface area (Å²) in [6, 6.07) is 0. The highest BCUT2D eigenvalue weighted by molar-refractivity contribution is 7.89. The molecule has 19 heavy (non-hydrogen) atoms. The molecule has 1 rings (SSSR count). The maximum Gasteiger partial charge on any atom is 0.259 e. The second kappa shape index (κ2) is 5.76. The summed E-state index contributed by atoms with van der Waals surface area (Å²) in [6.07, 6.45) is 1.26. The Kier molecular flexibility index (Phi) is 4.97. The zero-order valence-corrected chi connectivity index (χ0v) is 13.0. The summed E-state index contributed by atoms with van der Waals surface area (Å²) in [5, 5.41) is 13.8. The Morgan fingerprint density at radius 3 is 2.58 bits per heavy atom. The van der Waals surface area contributed by atoms with Crippen molar-refractivity contribution in [3.63, 3.8) is 0 Å². The topological polar surface area (TPSA) is 87.5 Å². The van der Waals surface area contributed by atoms with Crippen molar-refractivity contribution in [1.29, 1.82) is 0 Å². The largest absolute Gasteiger partial charge is 0.387 e. The molecule has 0 aliphatic rings. The number of aliphatic hydroxyl groups is 1. The molecule has 9 heteroatoms. The van der Waals surface area contributed by atoms with Crippen LogP contribution in [0.15, 0.2) is 11.2 Å². The van der Waals surface area contributed by atoms with Gasteiger partial charge in [-0.2, -0.15) is 5.10 Å². The number of hydrogen-bond donors (Lipinski definition) is 2. The summed E-state index contributed by atoms with van der Waals surface area (Å²) in [5.74, 6) is 0. The molecule has 1 aromatic heterocycles. The van der Waals surface area contributed by atoms with Crippen molar-refractivity contribution < 1.29 is 13.5 Å². The lowest BCUT2D eigenvalue weighted by atomic mass is 10.1. The minimum atomic E-state index is -3.81. The molecule has 0 saturated carbocycles. The average Bonchev–Trinajstić information content (AvgIpc) is 2.55. The lowest BCUT2D eigenvalue weighted by molar-refractivity contribution is 0.0385. The maximum absolute atomic E-state index is 12.1. The first-order chi connectivity index (χ1) is 8.55. The van der Waals surface area contributed by atoms with Crippen LogP contribution in [0.3, 0.4) is 0 Å². The number of aryl methyl sites for hydroxylation is 1. The molecule has 1 unspecified atom stereocenters. The predicted octanol–water partition coefficient (Wildman–Crippen LogP) is -0.336. The van der Waals surface area contributed by atoms with Crippen molar-refractivity contribution in [2.45, 2.75) is 17.6 Å². The first kappa shape index (κ1) is 16.4. The van der Waals surface area contributed by atoms with Crippen LogP contribution in [0.5, 0.6) is 0 Å². The van der Waals surface area contributed by atoms with Gasteiger partial charge in [0.2, 0.25) is 0 Å². The number of nitrogens with zero attached hydrogens (tertiary/aromatic N) is 3. The SMILES string of the molecule is CN(C)CC(C)(O)CNS(=O)(=O)c1c(Cl)cnn1C. The van der Waals surface area contributed by atoms with E-state index in [2.05, 4.69) is 9.82 Å². The van der Waals surface area contributed by atoms with Gasteiger partial charge in [-0.05, 0) is 21.0 Å². The standard InChI is InChI=1S/C10H19ClN4O3S/c1-10(16,7-14(2)3)6-13-19(17,18)9-8(11)5-12-15(9)4/h5,13,16H,6-7H2,1-4H3. The molecule has 110 valence electrons. The monoisotopic (exact) mass is 310 g/mol. The zero-order chi connectivity index (χ0) is 14.8. The molecule has 0 bridgehead atoms. The van der Waals surface area contributed by atoms with Gasteiger partial charge in [0.05, 0.1) is 16.8 Å².